The fraction of sp³-hybridized carbons (Fsp3) is 0.261. The van der Waals surface area contributed by atoms with Gasteiger partial charge in [-0.2, -0.15) is 0 Å². The molecule has 0 saturated carbocycles. The van der Waals surface area contributed by atoms with Crippen molar-refractivity contribution < 1.29 is 15.0 Å². The average Bonchev–Trinajstić information content (AvgIpc) is 3.15. The zero-order chi connectivity index (χ0) is 19.9. The number of aromatic amines is 1. The van der Waals surface area contributed by atoms with Gasteiger partial charge in [0.2, 0.25) is 0 Å². The largest absolute Gasteiger partial charge is 0.396 e. The Morgan fingerprint density at radius 2 is 2.04 bits per heavy atom. The van der Waals surface area contributed by atoms with Crippen LogP contribution in [-0.2, 0) is 0 Å². The van der Waals surface area contributed by atoms with Crippen molar-refractivity contribution in [2.24, 2.45) is 0 Å². The van der Waals surface area contributed by atoms with Gasteiger partial charge in [0.15, 0.2) is 0 Å². The van der Waals surface area contributed by atoms with E-state index in [1.54, 1.807) is 18.2 Å². The van der Waals surface area contributed by atoms with Gasteiger partial charge in [0, 0.05) is 47.2 Å². The fourth-order valence-corrected chi connectivity index (χ4v) is 3.05. The van der Waals surface area contributed by atoms with Gasteiger partial charge in [-0.05, 0) is 36.2 Å². The van der Waals surface area contributed by atoms with Gasteiger partial charge >= 0.3 is 0 Å². The number of amides is 1. The van der Waals surface area contributed by atoms with E-state index in [1.165, 1.54) is 0 Å². The number of carbonyl (C=O) groups excluding carboxylic acids is 1. The molecule has 0 bridgehead atoms. The number of aliphatic hydroxyl groups is 2. The van der Waals surface area contributed by atoms with E-state index in [0.717, 1.165) is 22.0 Å². The Morgan fingerprint density at radius 3 is 2.86 bits per heavy atom. The third kappa shape index (κ3) is 4.61. The van der Waals surface area contributed by atoms with Crippen molar-refractivity contribution in [3.8, 4) is 11.8 Å². The number of H-pyrrole nitrogens is 1. The van der Waals surface area contributed by atoms with Gasteiger partial charge < -0.3 is 20.5 Å². The number of aliphatic hydroxyl groups excluding tert-OH is 2. The molecule has 28 heavy (non-hydrogen) atoms. The minimum Gasteiger partial charge on any atom is -0.396 e. The van der Waals surface area contributed by atoms with Crippen LogP contribution in [0.5, 0.6) is 0 Å². The molecule has 0 aliphatic rings. The van der Waals surface area contributed by atoms with Crippen LogP contribution in [0.15, 0.2) is 54.7 Å². The number of hydrogen-bond acceptors (Lipinski definition) is 3. The fourth-order valence-electron chi connectivity index (χ4n) is 3.05. The van der Waals surface area contributed by atoms with E-state index in [-0.39, 0.29) is 18.4 Å². The van der Waals surface area contributed by atoms with Gasteiger partial charge in [0.05, 0.1) is 0 Å². The Labute approximate surface area is 164 Å². The zero-order valence-electron chi connectivity index (χ0n) is 15.8. The molecule has 5 heteroatoms. The normalized spacial score (nSPS) is 12.8. The standard InChI is InChI=1S/C23H24N2O3/c1-16(20-15-24-21-12-5-4-11-19(20)21)22(27)25-23(28)18-10-7-9-17(14-18)8-3-2-6-13-26/h4-5,7,9-12,14-16,22,24,26-27H,2,6,13H2,1H3,(H,25,28). The van der Waals surface area contributed by atoms with Crippen molar-refractivity contribution in [2.75, 3.05) is 6.61 Å². The summed E-state index contributed by atoms with van der Waals surface area (Å²) in [4.78, 5) is 15.8. The first-order valence-corrected chi connectivity index (χ1v) is 9.35. The Kier molecular flexibility index (Phi) is 6.49. The summed E-state index contributed by atoms with van der Waals surface area (Å²) in [6, 6.07) is 14.8. The Morgan fingerprint density at radius 1 is 1.21 bits per heavy atom. The molecule has 2 unspecified atom stereocenters. The van der Waals surface area contributed by atoms with E-state index in [1.807, 2.05) is 43.5 Å². The predicted molar refractivity (Wildman–Crippen MR) is 110 cm³/mol. The van der Waals surface area contributed by atoms with E-state index < -0.39 is 6.23 Å². The summed E-state index contributed by atoms with van der Waals surface area (Å²) in [6.45, 7) is 1.99. The summed E-state index contributed by atoms with van der Waals surface area (Å²) < 4.78 is 0. The van der Waals surface area contributed by atoms with E-state index in [9.17, 15) is 9.90 Å². The lowest BCUT2D eigenvalue weighted by Crippen LogP contribution is -2.38. The molecule has 0 aliphatic heterocycles. The van der Waals surface area contributed by atoms with Crippen molar-refractivity contribution in [3.63, 3.8) is 0 Å². The zero-order valence-corrected chi connectivity index (χ0v) is 15.8. The highest BCUT2D eigenvalue weighted by molar-refractivity contribution is 5.94. The summed E-state index contributed by atoms with van der Waals surface area (Å²) in [5.41, 5.74) is 3.12. The molecule has 3 aromatic rings. The molecule has 0 spiro atoms. The van der Waals surface area contributed by atoms with Crippen molar-refractivity contribution in [1.29, 1.82) is 0 Å². The van der Waals surface area contributed by atoms with Crippen LogP contribution < -0.4 is 5.32 Å². The molecule has 1 amide bonds. The lowest BCUT2D eigenvalue weighted by molar-refractivity contribution is 0.0728. The molecule has 0 fully saturated rings. The average molecular weight is 376 g/mol. The molecule has 0 radical (unpaired) electrons. The monoisotopic (exact) mass is 376 g/mol. The first kappa shape index (κ1) is 19.7. The van der Waals surface area contributed by atoms with Gasteiger partial charge in [0.1, 0.15) is 6.23 Å². The summed E-state index contributed by atoms with van der Waals surface area (Å²) in [6.07, 6.45) is 2.08. The smallest absolute Gasteiger partial charge is 0.253 e. The van der Waals surface area contributed by atoms with Crippen molar-refractivity contribution in [1.82, 2.24) is 10.3 Å². The number of unbranched alkanes of at least 4 members (excludes halogenated alkanes) is 1. The second-order valence-corrected chi connectivity index (χ2v) is 6.71. The number of hydrogen-bond donors (Lipinski definition) is 4. The van der Waals surface area contributed by atoms with Gasteiger partial charge in [-0.25, -0.2) is 0 Å². The number of fused-ring (bicyclic) bond motifs is 1. The molecular weight excluding hydrogens is 352 g/mol. The molecule has 2 atom stereocenters. The van der Waals surface area contributed by atoms with E-state index in [0.29, 0.717) is 18.4 Å². The lowest BCUT2D eigenvalue weighted by atomic mass is 9.98. The minimum atomic E-state index is -1.02. The van der Waals surface area contributed by atoms with Gasteiger partial charge in [-0.3, -0.25) is 4.79 Å². The second-order valence-electron chi connectivity index (χ2n) is 6.71. The van der Waals surface area contributed by atoms with E-state index in [2.05, 4.69) is 22.1 Å². The number of para-hydroxylation sites is 1. The van der Waals surface area contributed by atoms with Crippen LogP contribution in [0.4, 0.5) is 0 Å². The second kappa shape index (κ2) is 9.23. The number of benzene rings is 2. The molecule has 1 heterocycles. The quantitative estimate of drug-likeness (QED) is 0.303. The third-order valence-corrected chi connectivity index (χ3v) is 4.68. The highest BCUT2D eigenvalue weighted by Gasteiger charge is 2.21. The topological polar surface area (TPSA) is 85.4 Å². The van der Waals surface area contributed by atoms with Crippen LogP contribution >= 0.6 is 0 Å². The molecule has 2 aromatic carbocycles. The van der Waals surface area contributed by atoms with Crippen LogP contribution in [0.1, 0.15) is 47.2 Å². The summed E-state index contributed by atoms with van der Waals surface area (Å²) in [5.74, 6) is 5.33. The number of aromatic nitrogens is 1. The lowest BCUT2D eigenvalue weighted by Gasteiger charge is -2.20. The molecule has 0 saturated heterocycles. The number of carbonyl (C=O) groups is 1. The minimum absolute atomic E-state index is 0.115. The summed E-state index contributed by atoms with van der Waals surface area (Å²) in [7, 11) is 0. The Bertz CT molecular complexity index is 1010. The molecule has 4 N–H and O–H groups in total. The van der Waals surface area contributed by atoms with Crippen molar-refractivity contribution >= 4 is 16.8 Å². The third-order valence-electron chi connectivity index (χ3n) is 4.68. The molecular formula is C23H24N2O3. The number of rotatable bonds is 6. The Hall–Kier alpha value is -3.07. The van der Waals surface area contributed by atoms with Gasteiger partial charge in [-0.15, -0.1) is 0 Å². The summed E-state index contributed by atoms with van der Waals surface area (Å²) in [5, 5.41) is 23.0. The van der Waals surface area contributed by atoms with Gasteiger partial charge in [-0.1, -0.05) is 43.0 Å². The maximum absolute atomic E-state index is 12.6. The summed E-state index contributed by atoms with van der Waals surface area (Å²) >= 11 is 0. The van der Waals surface area contributed by atoms with Crippen molar-refractivity contribution in [2.45, 2.75) is 31.9 Å². The highest BCUT2D eigenvalue weighted by Crippen LogP contribution is 2.27. The predicted octanol–water partition coefficient (Wildman–Crippen LogP) is 3.14. The first-order chi connectivity index (χ1) is 13.6. The van der Waals surface area contributed by atoms with Crippen molar-refractivity contribution in [3.05, 3.63) is 71.4 Å². The maximum atomic E-state index is 12.6. The molecule has 3 rings (SSSR count). The number of nitrogens with one attached hydrogen (secondary N) is 2. The molecule has 1 aromatic heterocycles. The van der Waals surface area contributed by atoms with Gasteiger partial charge in [0.25, 0.3) is 5.91 Å². The molecule has 5 nitrogen and oxygen atoms in total. The van der Waals surface area contributed by atoms with Crippen LogP contribution in [0.3, 0.4) is 0 Å². The SMILES string of the molecule is CC(c1c[nH]c2ccccc12)C(O)NC(=O)c1cccc(C#CCCCO)c1. The first-order valence-electron chi connectivity index (χ1n) is 9.35. The van der Waals surface area contributed by atoms with Crippen LogP contribution in [0.25, 0.3) is 10.9 Å². The molecule has 0 aliphatic carbocycles. The van der Waals surface area contributed by atoms with E-state index in [4.69, 9.17) is 5.11 Å². The van der Waals surface area contributed by atoms with Crippen LogP contribution in [-0.4, -0.2) is 33.9 Å². The van der Waals surface area contributed by atoms with Crippen LogP contribution in [0, 0.1) is 11.8 Å². The van der Waals surface area contributed by atoms with E-state index >= 15 is 0 Å². The highest BCUT2D eigenvalue weighted by atomic mass is 16.3. The Balaban J connectivity index is 1.69. The maximum Gasteiger partial charge on any atom is 0.253 e. The molecule has 144 valence electrons. The van der Waals surface area contributed by atoms with Crippen LogP contribution in [0.2, 0.25) is 0 Å².